The smallest absolute Gasteiger partial charge is 0.193 e. The first-order valence-electron chi connectivity index (χ1n) is 7.40. The maximum absolute atomic E-state index is 13.2. The lowest BCUT2D eigenvalue weighted by Gasteiger charge is -2.22. The van der Waals surface area contributed by atoms with E-state index in [1.807, 2.05) is 29.8 Å². The van der Waals surface area contributed by atoms with Gasteiger partial charge >= 0.3 is 0 Å². The van der Waals surface area contributed by atoms with E-state index in [1.54, 1.807) is 12.1 Å². The Kier molecular flexibility index (Phi) is 8.90. The topological polar surface area (TPSA) is 27.6 Å². The number of aliphatic imine (C=N–C) groups is 1. The summed E-state index contributed by atoms with van der Waals surface area (Å²) >= 11 is 1.87. The Morgan fingerprint density at radius 2 is 2.19 bits per heavy atom. The van der Waals surface area contributed by atoms with Gasteiger partial charge in [0.1, 0.15) is 5.82 Å². The molecule has 118 valence electrons. The number of guanidine groups is 1. The average molecular weight is 311 g/mol. The normalized spacial score (nSPS) is 11.5. The zero-order valence-electron chi connectivity index (χ0n) is 13.2. The Morgan fingerprint density at radius 3 is 2.86 bits per heavy atom. The zero-order valence-corrected chi connectivity index (χ0v) is 14.0. The molecular formula is C16H26FN3S. The van der Waals surface area contributed by atoms with Gasteiger partial charge in [-0.25, -0.2) is 4.39 Å². The molecule has 0 saturated carbocycles. The van der Waals surface area contributed by atoms with E-state index in [1.165, 1.54) is 18.2 Å². The van der Waals surface area contributed by atoms with Crippen LogP contribution in [0, 0.1) is 5.82 Å². The third-order valence-electron chi connectivity index (χ3n) is 3.02. The molecule has 3 nitrogen and oxygen atoms in total. The van der Waals surface area contributed by atoms with Gasteiger partial charge in [-0.2, -0.15) is 11.8 Å². The van der Waals surface area contributed by atoms with Crippen molar-refractivity contribution in [1.29, 1.82) is 0 Å². The van der Waals surface area contributed by atoms with Crippen LogP contribution in [0.25, 0.3) is 0 Å². The fourth-order valence-corrected chi connectivity index (χ4v) is 2.49. The first-order chi connectivity index (χ1) is 10.2. The number of benzene rings is 1. The van der Waals surface area contributed by atoms with Crippen molar-refractivity contribution in [2.24, 2.45) is 4.99 Å². The summed E-state index contributed by atoms with van der Waals surface area (Å²) in [4.78, 5) is 6.67. The molecule has 0 amide bonds. The lowest BCUT2D eigenvalue weighted by molar-refractivity contribution is 0.474. The van der Waals surface area contributed by atoms with Crippen molar-refractivity contribution in [1.82, 2.24) is 10.2 Å². The summed E-state index contributed by atoms with van der Waals surface area (Å²) in [5.41, 5.74) is 0.950. The summed E-state index contributed by atoms with van der Waals surface area (Å²) in [6.07, 6.45) is 4.42. The summed E-state index contributed by atoms with van der Waals surface area (Å²) < 4.78 is 13.2. The van der Waals surface area contributed by atoms with Crippen molar-refractivity contribution in [3.05, 3.63) is 35.6 Å². The van der Waals surface area contributed by atoms with Gasteiger partial charge in [0.25, 0.3) is 0 Å². The fraction of sp³-hybridized carbons (Fsp3) is 0.562. The lowest BCUT2D eigenvalue weighted by Crippen LogP contribution is -2.38. The summed E-state index contributed by atoms with van der Waals surface area (Å²) in [7, 11) is 1.98. The van der Waals surface area contributed by atoms with E-state index in [4.69, 9.17) is 0 Å². The third kappa shape index (κ3) is 7.37. The molecule has 1 rings (SSSR count). The highest BCUT2D eigenvalue weighted by Gasteiger charge is 2.06. The predicted octanol–water partition coefficient (Wildman–Crippen LogP) is 3.37. The summed E-state index contributed by atoms with van der Waals surface area (Å²) in [5, 5.41) is 3.29. The SMILES string of the molecule is CCNC(=NCCCCSC)N(C)Cc1cccc(F)c1. The summed E-state index contributed by atoms with van der Waals surface area (Å²) in [6.45, 7) is 4.36. The Labute approximate surface area is 132 Å². The molecule has 1 N–H and O–H groups in total. The van der Waals surface area contributed by atoms with Crippen LogP contribution in [0.15, 0.2) is 29.3 Å². The Balaban J connectivity index is 2.55. The van der Waals surface area contributed by atoms with Crippen molar-refractivity contribution in [3.8, 4) is 0 Å². The second-order valence-electron chi connectivity index (χ2n) is 4.92. The summed E-state index contributed by atoms with van der Waals surface area (Å²) in [5.74, 6) is 1.87. The number of nitrogens with zero attached hydrogens (tertiary/aromatic N) is 2. The van der Waals surface area contributed by atoms with Crippen LogP contribution in [0.2, 0.25) is 0 Å². The van der Waals surface area contributed by atoms with Gasteiger partial charge < -0.3 is 10.2 Å². The molecule has 0 saturated heterocycles. The molecule has 0 aliphatic rings. The quantitative estimate of drug-likeness (QED) is 0.453. The molecule has 0 fully saturated rings. The molecule has 0 atom stereocenters. The molecule has 5 heteroatoms. The highest BCUT2D eigenvalue weighted by Crippen LogP contribution is 2.07. The Morgan fingerprint density at radius 1 is 1.38 bits per heavy atom. The van der Waals surface area contributed by atoms with Crippen LogP contribution in [-0.4, -0.2) is 43.0 Å². The number of hydrogen-bond donors (Lipinski definition) is 1. The van der Waals surface area contributed by atoms with Crippen molar-refractivity contribution in [3.63, 3.8) is 0 Å². The Bertz CT molecular complexity index is 437. The van der Waals surface area contributed by atoms with E-state index in [0.717, 1.165) is 31.0 Å². The van der Waals surface area contributed by atoms with E-state index in [0.29, 0.717) is 6.54 Å². The van der Waals surface area contributed by atoms with Gasteiger partial charge in [-0.15, -0.1) is 0 Å². The Hall–Kier alpha value is -1.23. The van der Waals surface area contributed by atoms with Gasteiger partial charge in [0.2, 0.25) is 0 Å². The van der Waals surface area contributed by atoms with Crippen molar-refractivity contribution in [2.45, 2.75) is 26.3 Å². The number of nitrogens with one attached hydrogen (secondary N) is 1. The number of hydrogen-bond acceptors (Lipinski definition) is 2. The number of rotatable bonds is 8. The number of thioether (sulfide) groups is 1. The lowest BCUT2D eigenvalue weighted by atomic mass is 10.2. The maximum atomic E-state index is 13.2. The molecule has 0 aliphatic carbocycles. The molecule has 0 bridgehead atoms. The highest BCUT2D eigenvalue weighted by atomic mass is 32.2. The molecule has 0 spiro atoms. The van der Waals surface area contributed by atoms with Crippen molar-refractivity contribution >= 4 is 17.7 Å². The molecule has 0 unspecified atom stereocenters. The largest absolute Gasteiger partial charge is 0.357 e. The van der Waals surface area contributed by atoms with E-state index in [-0.39, 0.29) is 5.82 Å². The van der Waals surface area contributed by atoms with Gasteiger partial charge in [-0.1, -0.05) is 12.1 Å². The average Bonchev–Trinajstić information content (AvgIpc) is 2.46. The molecule has 0 radical (unpaired) electrons. The fourth-order valence-electron chi connectivity index (χ4n) is 2.00. The van der Waals surface area contributed by atoms with E-state index in [9.17, 15) is 4.39 Å². The molecule has 0 aliphatic heterocycles. The van der Waals surface area contributed by atoms with Crippen molar-refractivity contribution < 1.29 is 4.39 Å². The van der Waals surface area contributed by atoms with E-state index in [2.05, 4.69) is 23.5 Å². The minimum absolute atomic E-state index is 0.195. The monoisotopic (exact) mass is 311 g/mol. The molecule has 21 heavy (non-hydrogen) atoms. The van der Waals surface area contributed by atoms with Crippen LogP contribution >= 0.6 is 11.8 Å². The van der Waals surface area contributed by atoms with Crippen LogP contribution in [0.3, 0.4) is 0 Å². The van der Waals surface area contributed by atoms with E-state index >= 15 is 0 Å². The van der Waals surface area contributed by atoms with Gasteiger partial charge in [0.05, 0.1) is 0 Å². The second-order valence-corrected chi connectivity index (χ2v) is 5.91. The first kappa shape index (κ1) is 17.8. The maximum Gasteiger partial charge on any atom is 0.193 e. The molecule has 1 aromatic carbocycles. The molecule has 0 heterocycles. The molecule has 0 aromatic heterocycles. The molecule has 1 aromatic rings. The van der Waals surface area contributed by atoms with Crippen molar-refractivity contribution in [2.75, 3.05) is 32.1 Å². The van der Waals surface area contributed by atoms with Gasteiger partial charge in [0.15, 0.2) is 5.96 Å². The van der Waals surface area contributed by atoms with Crippen LogP contribution in [0.4, 0.5) is 4.39 Å². The zero-order chi connectivity index (χ0) is 15.5. The highest BCUT2D eigenvalue weighted by molar-refractivity contribution is 7.98. The minimum atomic E-state index is -0.195. The van der Waals surface area contributed by atoms with E-state index < -0.39 is 0 Å². The third-order valence-corrected chi connectivity index (χ3v) is 3.72. The molecular weight excluding hydrogens is 285 g/mol. The minimum Gasteiger partial charge on any atom is -0.357 e. The standard InChI is InChI=1S/C16H26FN3S/c1-4-18-16(19-10-5-6-11-21-3)20(2)13-14-8-7-9-15(17)12-14/h7-9,12H,4-6,10-11,13H2,1-3H3,(H,18,19). The number of halogens is 1. The van der Waals surface area contributed by atoms with Gasteiger partial charge in [-0.05, 0) is 49.5 Å². The van der Waals surface area contributed by atoms with Gasteiger partial charge in [-0.3, -0.25) is 4.99 Å². The van der Waals surface area contributed by atoms with Crippen LogP contribution in [0.1, 0.15) is 25.3 Å². The second kappa shape index (κ2) is 10.5. The van der Waals surface area contributed by atoms with Crippen LogP contribution < -0.4 is 5.32 Å². The first-order valence-corrected chi connectivity index (χ1v) is 8.79. The van der Waals surface area contributed by atoms with Crippen LogP contribution in [0.5, 0.6) is 0 Å². The van der Waals surface area contributed by atoms with Crippen LogP contribution in [-0.2, 0) is 6.54 Å². The van der Waals surface area contributed by atoms with Gasteiger partial charge in [0, 0.05) is 26.7 Å². The summed E-state index contributed by atoms with van der Waals surface area (Å²) in [6, 6.07) is 6.71. The number of unbranched alkanes of at least 4 members (excludes halogenated alkanes) is 1. The predicted molar refractivity (Wildman–Crippen MR) is 91.5 cm³/mol.